The van der Waals surface area contributed by atoms with Crippen LogP contribution in [0, 0.1) is 17.2 Å². The first-order valence-corrected chi connectivity index (χ1v) is 9.76. The van der Waals surface area contributed by atoms with Gasteiger partial charge in [0.15, 0.2) is 0 Å². The average molecular weight is 370 g/mol. The van der Waals surface area contributed by atoms with E-state index in [2.05, 4.69) is 0 Å². The Morgan fingerprint density at radius 3 is 2.33 bits per heavy atom. The predicted octanol–water partition coefficient (Wildman–Crippen LogP) is 1.36. The largest absolute Gasteiger partial charge is 0.342 e. The summed E-state index contributed by atoms with van der Waals surface area (Å²) in [6.45, 7) is 2.72. The van der Waals surface area contributed by atoms with Crippen molar-refractivity contribution >= 4 is 11.8 Å². The molecule has 2 aliphatic heterocycles. The lowest BCUT2D eigenvalue weighted by Gasteiger charge is -2.34. The summed E-state index contributed by atoms with van der Waals surface area (Å²) in [4.78, 5) is 41.1. The molecular formula is C20H26N4O3. The highest BCUT2D eigenvalue weighted by molar-refractivity contribution is 5.80. The topological polar surface area (TPSA) is 86.4 Å². The highest BCUT2D eigenvalue weighted by Crippen LogP contribution is 2.22. The number of aromatic nitrogens is 1. The SMILES string of the molecule is N#Cc1cccn(CC(=O)N2CCC(C(=O)N3CCCCCC3)CC2)c1=O. The Morgan fingerprint density at radius 2 is 1.70 bits per heavy atom. The van der Waals surface area contributed by atoms with E-state index in [-0.39, 0.29) is 29.8 Å². The van der Waals surface area contributed by atoms with Crippen molar-refractivity contribution in [2.24, 2.45) is 5.92 Å². The molecule has 7 heteroatoms. The summed E-state index contributed by atoms with van der Waals surface area (Å²) in [6, 6.07) is 4.89. The van der Waals surface area contributed by atoms with E-state index >= 15 is 0 Å². The second kappa shape index (κ2) is 8.85. The lowest BCUT2D eigenvalue weighted by molar-refractivity contribution is -0.141. The lowest BCUT2D eigenvalue weighted by atomic mass is 9.95. The first-order chi connectivity index (χ1) is 13.1. The fraction of sp³-hybridized carbons (Fsp3) is 0.600. The Hall–Kier alpha value is -2.62. The molecule has 3 heterocycles. The third-order valence-corrected chi connectivity index (χ3v) is 5.56. The number of nitrogens with zero attached hydrogens (tertiary/aromatic N) is 4. The number of nitriles is 1. The minimum Gasteiger partial charge on any atom is -0.342 e. The van der Waals surface area contributed by atoms with Crippen molar-refractivity contribution < 1.29 is 9.59 Å². The normalized spacial score (nSPS) is 18.6. The molecule has 0 atom stereocenters. The third kappa shape index (κ3) is 4.57. The number of hydrogen-bond donors (Lipinski definition) is 0. The second-order valence-corrected chi connectivity index (χ2v) is 7.36. The van der Waals surface area contributed by atoms with Gasteiger partial charge in [-0.25, -0.2) is 0 Å². The van der Waals surface area contributed by atoms with Gasteiger partial charge in [0.1, 0.15) is 18.2 Å². The zero-order valence-electron chi connectivity index (χ0n) is 15.6. The molecule has 0 saturated carbocycles. The molecule has 144 valence electrons. The molecule has 2 saturated heterocycles. The maximum atomic E-state index is 12.7. The number of carbonyl (C=O) groups excluding carboxylic acids is 2. The molecule has 0 N–H and O–H groups in total. The van der Waals surface area contributed by atoms with Crippen molar-refractivity contribution in [3.8, 4) is 6.07 Å². The standard InChI is InChI=1S/C20H26N4O3/c21-14-17-6-5-11-24(20(17)27)15-18(25)22-12-7-16(8-13-22)19(26)23-9-3-1-2-4-10-23/h5-6,11,16H,1-4,7-10,12-13,15H2. The monoisotopic (exact) mass is 370 g/mol. The van der Waals surface area contributed by atoms with Crippen molar-refractivity contribution in [2.45, 2.75) is 45.1 Å². The third-order valence-electron chi connectivity index (χ3n) is 5.56. The number of carbonyl (C=O) groups is 2. The van der Waals surface area contributed by atoms with Gasteiger partial charge in [0.2, 0.25) is 11.8 Å². The Bertz CT molecular complexity index is 779. The van der Waals surface area contributed by atoms with Crippen LogP contribution in [0.1, 0.15) is 44.1 Å². The minimum absolute atomic E-state index is 0.00297. The quantitative estimate of drug-likeness (QED) is 0.804. The number of hydrogen-bond acceptors (Lipinski definition) is 4. The van der Waals surface area contributed by atoms with Crippen LogP contribution in [-0.2, 0) is 16.1 Å². The summed E-state index contributed by atoms with van der Waals surface area (Å²) in [5.74, 6) is 0.0894. The van der Waals surface area contributed by atoms with Crippen molar-refractivity contribution in [3.05, 3.63) is 34.2 Å². The van der Waals surface area contributed by atoms with Crippen LogP contribution in [-0.4, -0.2) is 52.4 Å². The van der Waals surface area contributed by atoms with Crippen LogP contribution in [0.5, 0.6) is 0 Å². The number of rotatable bonds is 3. The Labute approximate surface area is 159 Å². The summed E-state index contributed by atoms with van der Waals surface area (Å²) in [7, 11) is 0. The van der Waals surface area contributed by atoms with Crippen LogP contribution >= 0.6 is 0 Å². The van der Waals surface area contributed by atoms with Crippen molar-refractivity contribution in [1.82, 2.24) is 14.4 Å². The van der Waals surface area contributed by atoms with Gasteiger partial charge in [-0.05, 0) is 37.8 Å². The summed E-state index contributed by atoms with van der Waals surface area (Å²) < 4.78 is 1.27. The molecule has 0 radical (unpaired) electrons. The molecule has 0 spiro atoms. The van der Waals surface area contributed by atoms with E-state index < -0.39 is 5.56 Å². The molecule has 0 unspecified atom stereocenters. The number of piperidine rings is 1. The molecule has 3 rings (SSSR count). The van der Waals surface area contributed by atoms with Crippen LogP contribution < -0.4 is 5.56 Å². The number of amides is 2. The summed E-state index contributed by atoms with van der Waals surface area (Å²) in [5, 5.41) is 8.94. The molecule has 2 amide bonds. The average Bonchev–Trinajstić information content (AvgIpc) is 2.98. The van der Waals surface area contributed by atoms with Crippen LogP contribution in [0.4, 0.5) is 0 Å². The van der Waals surface area contributed by atoms with E-state index in [1.54, 1.807) is 11.0 Å². The molecule has 0 aliphatic carbocycles. The highest BCUT2D eigenvalue weighted by atomic mass is 16.2. The Kier molecular flexibility index (Phi) is 6.28. The smallest absolute Gasteiger partial charge is 0.268 e. The Balaban J connectivity index is 1.54. The van der Waals surface area contributed by atoms with Gasteiger partial charge in [-0.15, -0.1) is 0 Å². The maximum Gasteiger partial charge on any atom is 0.268 e. The molecule has 0 aromatic carbocycles. The minimum atomic E-state index is -0.445. The molecule has 1 aromatic rings. The van der Waals surface area contributed by atoms with Gasteiger partial charge in [0.25, 0.3) is 5.56 Å². The van der Waals surface area contributed by atoms with Crippen LogP contribution in [0.15, 0.2) is 23.1 Å². The zero-order chi connectivity index (χ0) is 19.2. The number of likely N-dealkylation sites (tertiary alicyclic amines) is 2. The lowest BCUT2D eigenvalue weighted by Crippen LogP contribution is -2.46. The van der Waals surface area contributed by atoms with Crippen molar-refractivity contribution in [3.63, 3.8) is 0 Å². The molecule has 2 fully saturated rings. The van der Waals surface area contributed by atoms with Crippen LogP contribution in [0.3, 0.4) is 0 Å². The van der Waals surface area contributed by atoms with Gasteiger partial charge in [-0.2, -0.15) is 5.26 Å². The van der Waals surface area contributed by atoms with Gasteiger partial charge in [-0.1, -0.05) is 12.8 Å². The molecular weight excluding hydrogens is 344 g/mol. The molecule has 0 bridgehead atoms. The summed E-state index contributed by atoms with van der Waals surface area (Å²) >= 11 is 0. The molecule has 2 aliphatic rings. The fourth-order valence-electron chi connectivity index (χ4n) is 3.92. The van der Waals surface area contributed by atoms with E-state index in [0.29, 0.717) is 25.9 Å². The van der Waals surface area contributed by atoms with Crippen LogP contribution in [0.2, 0.25) is 0 Å². The summed E-state index contributed by atoms with van der Waals surface area (Å²) in [6.07, 6.45) is 7.43. The molecule has 1 aromatic heterocycles. The van der Waals surface area contributed by atoms with E-state index in [9.17, 15) is 14.4 Å². The van der Waals surface area contributed by atoms with E-state index in [1.165, 1.54) is 29.7 Å². The van der Waals surface area contributed by atoms with Gasteiger partial charge >= 0.3 is 0 Å². The highest BCUT2D eigenvalue weighted by Gasteiger charge is 2.30. The first-order valence-electron chi connectivity index (χ1n) is 9.76. The van der Waals surface area contributed by atoms with E-state index in [4.69, 9.17) is 5.26 Å². The van der Waals surface area contributed by atoms with Gasteiger partial charge in [-0.3, -0.25) is 14.4 Å². The van der Waals surface area contributed by atoms with E-state index in [1.807, 2.05) is 11.0 Å². The van der Waals surface area contributed by atoms with Gasteiger partial charge in [0, 0.05) is 38.3 Å². The number of pyridine rings is 1. The second-order valence-electron chi connectivity index (χ2n) is 7.36. The van der Waals surface area contributed by atoms with Gasteiger partial charge in [0.05, 0.1) is 0 Å². The zero-order valence-corrected chi connectivity index (χ0v) is 15.6. The van der Waals surface area contributed by atoms with E-state index in [0.717, 1.165) is 25.9 Å². The fourth-order valence-corrected chi connectivity index (χ4v) is 3.92. The predicted molar refractivity (Wildman–Crippen MR) is 99.8 cm³/mol. The van der Waals surface area contributed by atoms with Crippen molar-refractivity contribution in [2.75, 3.05) is 26.2 Å². The first kappa shape index (κ1) is 19.2. The maximum absolute atomic E-state index is 12.7. The van der Waals surface area contributed by atoms with Crippen LogP contribution in [0.25, 0.3) is 0 Å². The molecule has 27 heavy (non-hydrogen) atoms. The Morgan fingerprint density at radius 1 is 1.04 bits per heavy atom. The summed E-state index contributed by atoms with van der Waals surface area (Å²) in [5.41, 5.74) is -0.411. The molecule has 7 nitrogen and oxygen atoms in total. The van der Waals surface area contributed by atoms with Gasteiger partial charge < -0.3 is 14.4 Å². The van der Waals surface area contributed by atoms with Crippen molar-refractivity contribution in [1.29, 1.82) is 5.26 Å².